The molecule has 69 heavy (non-hydrogen) atoms. The number of halogens is 1. The normalized spacial score (nSPS) is 18.2. The van der Waals surface area contributed by atoms with Crippen molar-refractivity contribution in [3.8, 4) is 15.4 Å². The standard InChI is InChI=1S/C49H60ClN9O8S2/c1-28-30(3)69-47-40(28)41(33-12-14-35(50)15-13-33)55-36(45-58-57-31(4)59(45)47)22-38(60)51-16-17-65-18-19-66-20-21-67-25-39(61)56-43(48(5,6)7)44(62)49(64)23-37(53-26-49)46(63)52-24-32-8-10-34(11-9-32)42-29(2)54-27-68-42/h8-15,27,36-37,43,53,64H,16-26H2,1-7H3,(H,51,60)(H,52,63)(H,56,61)/t36-,37-,43+,49-/m0/s1. The van der Waals surface area contributed by atoms with E-state index in [0.29, 0.717) is 16.7 Å². The summed E-state index contributed by atoms with van der Waals surface area (Å²) >= 11 is 9.45. The van der Waals surface area contributed by atoms with Gasteiger partial charge < -0.3 is 40.6 Å². The Morgan fingerprint density at radius 3 is 2.28 bits per heavy atom. The molecule has 3 amide bonds. The number of aromatic nitrogens is 4. The number of aliphatic hydroxyl groups is 1. The average Bonchev–Trinajstić information content (AvgIpc) is 4.09. The highest BCUT2D eigenvalue weighted by molar-refractivity contribution is 7.15. The minimum absolute atomic E-state index is 0.0590. The number of carbonyl (C=O) groups excluding carboxylic acids is 4. The number of nitrogens with one attached hydrogen (secondary N) is 4. The number of hydrogen-bond donors (Lipinski definition) is 5. The summed E-state index contributed by atoms with van der Waals surface area (Å²) < 4.78 is 18.8. The molecule has 1 fully saturated rings. The van der Waals surface area contributed by atoms with Crippen LogP contribution in [0.2, 0.25) is 5.02 Å². The fraction of sp³-hybridized carbons (Fsp3) is 0.469. The Balaban J connectivity index is 0.781. The first-order valence-corrected chi connectivity index (χ1v) is 24.9. The van der Waals surface area contributed by atoms with Gasteiger partial charge in [-0.05, 0) is 61.9 Å². The molecule has 5 N–H and O–H groups in total. The molecule has 2 aliphatic rings. The molecule has 0 unspecified atom stereocenters. The molecule has 0 spiro atoms. The van der Waals surface area contributed by atoms with E-state index < -0.39 is 40.8 Å². The number of aliphatic imine (C=N–C) groups is 1. The fourth-order valence-electron chi connectivity index (χ4n) is 8.21. The predicted octanol–water partition coefficient (Wildman–Crippen LogP) is 5.30. The first kappa shape index (κ1) is 51.6. The molecule has 2 aliphatic heterocycles. The minimum atomic E-state index is -1.87. The van der Waals surface area contributed by atoms with Crippen LogP contribution in [0.5, 0.6) is 0 Å². The summed E-state index contributed by atoms with van der Waals surface area (Å²) in [4.78, 5) is 64.9. The number of ketones is 1. The highest BCUT2D eigenvalue weighted by atomic mass is 35.5. The molecule has 0 aliphatic carbocycles. The van der Waals surface area contributed by atoms with Crippen molar-refractivity contribution in [3.05, 3.63) is 104 Å². The second-order valence-electron chi connectivity index (χ2n) is 18.3. The third-order valence-electron chi connectivity index (χ3n) is 12.1. The van der Waals surface area contributed by atoms with Crippen molar-refractivity contribution in [1.82, 2.24) is 41.0 Å². The van der Waals surface area contributed by atoms with E-state index >= 15 is 0 Å². The quantitative estimate of drug-likeness (QED) is 0.0592. The second kappa shape index (κ2) is 22.7. The van der Waals surface area contributed by atoms with Gasteiger partial charge in [-0.25, -0.2) is 4.98 Å². The lowest BCUT2D eigenvalue weighted by atomic mass is 9.77. The summed E-state index contributed by atoms with van der Waals surface area (Å²) in [5.41, 5.74) is 5.89. The van der Waals surface area contributed by atoms with Crippen LogP contribution in [0.25, 0.3) is 15.4 Å². The van der Waals surface area contributed by atoms with E-state index in [-0.39, 0.29) is 83.9 Å². The maximum atomic E-state index is 13.8. The maximum Gasteiger partial charge on any atom is 0.246 e. The van der Waals surface area contributed by atoms with E-state index in [4.69, 9.17) is 30.8 Å². The van der Waals surface area contributed by atoms with Gasteiger partial charge in [-0.1, -0.05) is 68.8 Å². The van der Waals surface area contributed by atoms with Crippen LogP contribution < -0.4 is 21.3 Å². The summed E-state index contributed by atoms with van der Waals surface area (Å²) in [6.45, 7) is 14.6. The predicted molar refractivity (Wildman–Crippen MR) is 265 cm³/mol. The van der Waals surface area contributed by atoms with Gasteiger partial charge in [0.15, 0.2) is 11.6 Å². The van der Waals surface area contributed by atoms with Crippen LogP contribution in [0.4, 0.5) is 0 Å². The summed E-state index contributed by atoms with van der Waals surface area (Å²) in [7, 11) is 0. The van der Waals surface area contributed by atoms with Crippen molar-refractivity contribution >= 4 is 63.5 Å². The van der Waals surface area contributed by atoms with E-state index in [1.807, 2.05) is 72.5 Å². The number of β-amino-alcohol motifs (C(OH)–C–C–N with tert-alkyl or cyclic N) is 1. The fourth-order valence-corrected chi connectivity index (χ4v) is 10.4. The van der Waals surface area contributed by atoms with Gasteiger partial charge >= 0.3 is 0 Å². The van der Waals surface area contributed by atoms with Gasteiger partial charge in [-0.3, -0.25) is 28.7 Å². The molecule has 1 saturated heterocycles. The van der Waals surface area contributed by atoms with Gasteiger partial charge in [-0.2, -0.15) is 0 Å². The van der Waals surface area contributed by atoms with Crippen molar-refractivity contribution in [3.63, 3.8) is 0 Å². The monoisotopic (exact) mass is 1000 g/mol. The van der Waals surface area contributed by atoms with Crippen molar-refractivity contribution in [2.45, 2.75) is 91.6 Å². The molecular formula is C49H60ClN9O8S2. The number of fused-ring (bicyclic) bond motifs is 3. The van der Waals surface area contributed by atoms with Gasteiger partial charge in [-0.15, -0.1) is 32.9 Å². The summed E-state index contributed by atoms with van der Waals surface area (Å²) in [6, 6.07) is 13.0. The Bertz CT molecular complexity index is 2660. The molecule has 0 bridgehead atoms. The zero-order valence-electron chi connectivity index (χ0n) is 39.9. The Morgan fingerprint density at radius 2 is 1.59 bits per heavy atom. The number of thiophene rings is 1. The number of benzene rings is 2. The van der Waals surface area contributed by atoms with Gasteiger partial charge in [0.2, 0.25) is 17.7 Å². The van der Waals surface area contributed by atoms with Gasteiger partial charge in [0.1, 0.15) is 29.1 Å². The third kappa shape index (κ3) is 12.6. The lowest BCUT2D eigenvalue weighted by Gasteiger charge is -2.35. The number of rotatable bonds is 21. The van der Waals surface area contributed by atoms with Crippen LogP contribution in [0.1, 0.15) is 84.1 Å². The van der Waals surface area contributed by atoms with Crippen molar-refractivity contribution in [2.24, 2.45) is 10.4 Å². The zero-order chi connectivity index (χ0) is 49.5. The number of ether oxygens (including phenoxy) is 3. The van der Waals surface area contributed by atoms with Crippen LogP contribution in [0.15, 0.2) is 59.0 Å². The summed E-state index contributed by atoms with van der Waals surface area (Å²) in [5.74, 6) is -0.337. The largest absolute Gasteiger partial charge is 0.381 e. The molecule has 2 aromatic carbocycles. The number of thiazole rings is 1. The van der Waals surface area contributed by atoms with E-state index in [1.165, 1.54) is 0 Å². The highest BCUT2D eigenvalue weighted by Crippen LogP contribution is 2.40. The minimum Gasteiger partial charge on any atom is -0.381 e. The number of carbonyl (C=O) groups is 4. The number of amides is 3. The molecule has 5 heterocycles. The van der Waals surface area contributed by atoms with Crippen molar-refractivity contribution in [2.75, 3.05) is 52.7 Å². The molecule has 20 heteroatoms. The second-order valence-corrected chi connectivity index (χ2v) is 20.8. The van der Waals surface area contributed by atoms with Crippen LogP contribution in [-0.4, -0.2) is 124 Å². The molecule has 0 radical (unpaired) electrons. The average molecular weight is 1000 g/mol. The number of aryl methyl sites for hydroxylation is 3. The molecule has 4 atom stereocenters. The van der Waals surface area contributed by atoms with Gasteiger partial charge in [0.25, 0.3) is 0 Å². The lowest BCUT2D eigenvalue weighted by Crippen LogP contribution is -2.58. The molecular weight excluding hydrogens is 942 g/mol. The number of nitrogens with zero attached hydrogens (tertiary/aromatic N) is 5. The topological polar surface area (TPSA) is 220 Å². The molecule has 0 saturated carbocycles. The van der Waals surface area contributed by atoms with Gasteiger partial charge in [0, 0.05) is 47.1 Å². The molecule has 3 aromatic heterocycles. The van der Waals surface area contributed by atoms with Crippen LogP contribution in [0, 0.1) is 33.1 Å². The van der Waals surface area contributed by atoms with E-state index in [0.717, 1.165) is 54.0 Å². The number of hydrogen-bond acceptors (Lipinski definition) is 15. The smallest absolute Gasteiger partial charge is 0.246 e. The first-order chi connectivity index (χ1) is 32.9. The molecule has 7 rings (SSSR count). The van der Waals surface area contributed by atoms with Crippen LogP contribution >= 0.6 is 34.3 Å². The van der Waals surface area contributed by atoms with E-state index in [1.54, 1.807) is 43.4 Å². The third-order valence-corrected chi connectivity index (χ3v) is 14.5. The SMILES string of the molecule is Cc1ncsc1-c1ccc(CNC(=O)[C@@H]2C[C@@](O)(C(=O)[C@@H](NC(=O)COCCOCCOCCNC(=O)C[C@@H]3N=C(c4ccc(Cl)cc4)c4c(sc(C)c4C)-n4c(C)nnc43)C(C)(C)C)CN2)cc1. The Labute approximate surface area is 414 Å². The van der Waals surface area contributed by atoms with E-state index in [9.17, 15) is 24.3 Å². The summed E-state index contributed by atoms with van der Waals surface area (Å²) in [6.07, 6.45) is -0.0788. The van der Waals surface area contributed by atoms with Crippen molar-refractivity contribution < 1.29 is 38.5 Å². The highest BCUT2D eigenvalue weighted by Gasteiger charge is 2.50. The Hall–Kier alpha value is -5.25. The molecule has 5 aromatic rings. The summed E-state index contributed by atoms with van der Waals surface area (Å²) in [5, 5.41) is 33.5. The maximum absolute atomic E-state index is 13.8. The first-order valence-electron chi connectivity index (χ1n) is 22.9. The zero-order valence-corrected chi connectivity index (χ0v) is 42.3. The van der Waals surface area contributed by atoms with Crippen molar-refractivity contribution in [1.29, 1.82) is 0 Å². The molecule has 17 nitrogen and oxygen atoms in total. The Morgan fingerprint density at radius 1 is 0.913 bits per heavy atom. The molecule has 368 valence electrons. The number of Topliss-reactive ketones (excluding diaryl/α,β-unsaturated/α-hetero) is 1. The van der Waals surface area contributed by atoms with Gasteiger partial charge in [0.05, 0.1) is 73.3 Å². The lowest BCUT2D eigenvalue weighted by molar-refractivity contribution is -0.144. The van der Waals surface area contributed by atoms with Crippen LogP contribution in [-0.2, 0) is 39.9 Å². The Kier molecular flexibility index (Phi) is 16.9. The van der Waals surface area contributed by atoms with Crippen LogP contribution in [0.3, 0.4) is 0 Å². The van der Waals surface area contributed by atoms with E-state index in [2.05, 4.69) is 50.3 Å².